The van der Waals surface area contributed by atoms with E-state index in [-0.39, 0.29) is 31.1 Å². The lowest BCUT2D eigenvalue weighted by molar-refractivity contribution is -0.167. The maximum Gasteiger partial charge on any atom is 0.306 e. The first-order valence-electron chi connectivity index (χ1n) is 35.7. The number of unbranched alkanes of at least 4 members (excludes halogenated alkanes) is 54. The molecule has 0 aromatic rings. The molecule has 462 valence electrons. The van der Waals surface area contributed by atoms with Crippen LogP contribution in [0.15, 0.2) is 12.2 Å². The molecule has 0 saturated heterocycles. The number of carbonyl (C=O) groups is 3. The molecule has 1 atom stereocenters. The van der Waals surface area contributed by atoms with E-state index in [2.05, 4.69) is 32.9 Å². The molecule has 0 fully saturated rings. The lowest BCUT2D eigenvalue weighted by Gasteiger charge is -2.18. The third-order valence-electron chi connectivity index (χ3n) is 16.5. The van der Waals surface area contributed by atoms with E-state index in [0.717, 1.165) is 57.8 Å². The Labute approximate surface area is 488 Å². The summed E-state index contributed by atoms with van der Waals surface area (Å²) in [5.74, 6) is -0.825. The highest BCUT2D eigenvalue weighted by Crippen LogP contribution is 2.19. The van der Waals surface area contributed by atoms with Gasteiger partial charge in [-0.3, -0.25) is 14.4 Å². The molecule has 6 nitrogen and oxygen atoms in total. The van der Waals surface area contributed by atoms with Crippen molar-refractivity contribution in [3.05, 3.63) is 12.2 Å². The van der Waals surface area contributed by atoms with Crippen molar-refractivity contribution in [2.45, 2.75) is 419 Å². The molecule has 1 unspecified atom stereocenters. The van der Waals surface area contributed by atoms with Crippen LogP contribution in [0.3, 0.4) is 0 Å². The summed E-state index contributed by atoms with van der Waals surface area (Å²) in [4.78, 5) is 38.4. The number of esters is 3. The Bertz CT molecular complexity index is 1210. The Morgan fingerprint density at radius 2 is 0.423 bits per heavy atom. The van der Waals surface area contributed by atoms with E-state index in [1.807, 2.05) is 0 Å². The molecule has 6 heteroatoms. The molecule has 0 bridgehead atoms. The van der Waals surface area contributed by atoms with Gasteiger partial charge in [0.1, 0.15) is 13.2 Å². The fourth-order valence-corrected chi connectivity index (χ4v) is 11.2. The summed E-state index contributed by atoms with van der Waals surface area (Å²) >= 11 is 0. The minimum atomic E-state index is -0.765. The zero-order valence-electron chi connectivity index (χ0n) is 53.2. The van der Waals surface area contributed by atoms with Crippen LogP contribution in [0, 0.1) is 0 Å². The Balaban J connectivity index is 4.19. The van der Waals surface area contributed by atoms with Crippen LogP contribution in [-0.4, -0.2) is 37.2 Å². The summed E-state index contributed by atoms with van der Waals surface area (Å²) < 4.78 is 17.0. The van der Waals surface area contributed by atoms with Gasteiger partial charge in [-0.25, -0.2) is 0 Å². The lowest BCUT2D eigenvalue weighted by Crippen LogP contribution is -2.30. The van der Waals surface area contributed by atoms with Crippen LogP contribution in [0.2, 0.25) is 0 Å². The average Bonchev–Trinajstić information content (AvgIpc) is 3.44. The van der Waals surface area contributed by atoms with Gasteiger partial charge in [-0.05, 0) is 44.9 Å². The minimum absolute atomic E-state index is 0.0621. The van der Waals surface area contributed by atoms with Gasteiger partial charge in [-0.1, -0.05) is 360 Å². The first-order valence-corrected chi connectivity index (χ1v) is 35.7. The topological polar surface area (TPSA) is 78.9 Å². The third kappa shape index (κ3) is 65.0. The summed E-state index contributed by atoms with van der Waals surface area (Å²) in [5, 5.41) is 0. The van der Waals surface area contributed by atoms with E-state index in [4.69, 9.17) is 14.2 Å². The number of carbonyl (C=O) groups excluding carboxylic acids is 3. The van der Waals surface area contributed by atoms with E-state index < -0.39 is 6.10 Å². The first-order chi connectivity index (χ1) is 38.5. The van der Waals surface area contributed by atoms with Gasteiger partial charge in [0.25, 0.3) is 0 Å². The van der Waals surface area contributed by atoms with Crippen molar-refractivity contribution in [2.75, 3.05) is 13.2 Å². The number of hydrogen-bond donors (Lipinski definition) is 0. The zero-order chi connectivity index (χ0) is 56.4. The minimum Gasteiger partial charge on any atom is -0.462 e. The predicted molar refractivity (Wildman–Crippen MR) is 340 cm³/mol. The highest BCUT2D eigenvalue weighted by molar-refractivity contribution is 5.71. The fraction of sp³-hybridized carbons (Fsp3) is 0.931. The van der Waals surface area contributed by atoms with Crippen LogP contribution < -0.4 is 0 Å². The molecule has 0 N–H and O–H groups in total. The van der Waals surface area contributed by atoms with E-state index in [1.165, 1.54) is 315 Å². The van der Waals surface area contributed by atoms with E-state index in [1.54, 1.807) is 0 Å². The highest BCUT2D eigenvalue weighted by Gasteiger charge is 2.19. The maximum atomic E-state index is 12.9. The number of allylic oxidation sites excluding steroid dienone is 2. The lowest BCUT2D eigenvalue weighted by atomic mass is 10.0. The Kier molecular flexibility index (Phi) is 66.0. The molecule has 0 saturated carbocycles. The summed E-state index contributed by atoms with van der Waals surface area (Å²) in [5.41, 5.74) is 0. The first kappa shape index (κ1) is 76.1. The molecule has 0 spiro atoms. The standard InChI is InChI=1S/C72H138O6/c1-4-7-10-13-16-19-22-25-28-30-32-33-34-35-36-37-38-39-41-42-44-47-50-53-56-59-62-65-71(74)77-68-69(67-76-70(73)64-61-58-55-52-49-46-27-24-21-18-15-12-9-6-3)78-72(75)66-63-60-57-54-51-48-45-43-40-31-29-26-23-20-17-14-11-8-5-2/h30,32,69H,4-29,31,33-68H2,1-3H3/b32-30-. The molecule has 78 heavy (non-hydrogen) atoms. The smallest absolute Gasteiger partial charge is 0.306 e. The molecule has 0 aliphatic rings. The molecule has 0 amide bonds. The second-order valence-electron chi connectivity index (χ2n) is 24.5. The Morgan fingerprint density at radius 3 is 0.641 bits per heavy atom. The summed E-state index contributed by atoms with van der Waals surface area (Å²) in [6.07, 6.45) is 81.0. The molecule has 0 rings (SSSR count). The van der Waals surface area contributed by atoms with E-state index >= 15 is 0 Å². The van der Waals surface area contributed by atoms with Gasteiger partial charge in [0.2, 0.25) is 0 Å². The van der Waals surface area contributed by atoms with Crippen LogP contribution in [-0.2, 0) is 28.6 Å². The van der Waals surface area contributed by atoms with Crippen molar-refractivity contribution in [1.29, 1.82) is 0 Å². The maximum absolute atomic E-state index is 12.9. The van der Waals surface area contributed by atoms with Gasteiger partial charge in [0.05, 0.1) is 0 Å². The Morgan fingerprint density at radius 1 is 0.244 bits per heavy atom. The Hall–Kier alpha value is -1.85. The molecule has 0 aliphatic carbocycles. The molecule has 0 aliphatic heterocycles. The van der Waals surface area contributed by atoms with Crippen LogP contribution in [0.25, 0.3) is 0 Å². The van der Waals surface area contributed by atoms with Gasteiger partial charge >= 0.3 is 17.9 Å². The summed E-state index contributed by atoms with van der Waals surface area (Å²) in [6.45, 7) is 6.73. The predicted octanol–water partition coefficient (Wildman–Crippen LogP) is 24.4. The highest BCUT2D eigenvalue weighted by atomic mass is 16.6. The number of ether oxygens (including phenoxy) is 3. The molecule has 0 aromatic carbocycles. The van der Waals surface area contributed by atoms with Gasteiger partial charge in [0.15, 0.2) is 6.10 Å². The zero-order valence-corrected chi connectivity index (χ0v) is 53.2. The fourth-order valence-electron chi connectivity index (χ4n) is 11.2. The molecule has 0 radical (unpaired) electrons. The average molecular weight is 1100 g/mol. The molecule has 0 heterocycles. The van der Waals surface area contributed by atoms with Crippen molar-refractivity contribution in [3.63, 3.8) is 0 Å². The second-order valence-corrected chi connectivity index (χ2v) is 24.5. The van der Waals surface area contributed by atoms with Crippen LogP contribution in [0.1, 0.15) is 412 Å². The quantitative estimate of drug-likeness (QED) is 0.0261. The summed E-state index contributed by atoms with van der Waals surface area (Å²) in [6, 6.07) is 0. The van der Waals surface area contributed by atoms with Crippen molar-refractivity contribution in [1.82, 2.24) is 0 Å². The van der Waals surface area contributed by atoms with Crippen molar-refractivity contribution >= 4 is 17.9 Å². The number of rotatable bonds is 67. The van der Waals surface area contributed by atoms with E-state index in [9.17, 15) is 14.4 Å². The molecular formula is C72H138O6. The SMILES string of the molecule is CCCCCCCCCC/C=C\CCCCCCCCCCCCCCCCCC(=O)OCC(COC(=O)CCCCCCCCCCCCCCCC)OC(=O)CCCCCCCCCCCCCCCCCCCCC. The van der Waals surface area contributed by atoms with Crippen LogP contribution in [0.4, 0.5) is 0 Å². The molecule has 0 aromatic heterocycles. The second kappa shape index (κ2) is 67.7. The molecular weight excluding hydrogens is 961 g/mol. The van der Waals surface area contributed by atoms with Gasteiger partial charge in [-0.2, -0.15) is 0 Å². The van der Waals surface area contributed by atoms with Gasteiger partial charge < -0.3 is 14.2 Å². The normalized spacial score (nSPS) is 12.0. The number of hydrogen-bond acceptors (Lipinski definition) is 6. The van der Waals surface area contributed by atoms with Crippen molar-refractivity contribution in [3.8, 4) is 0 Å². The van der Waals surface area contributed by atoms with Gasteiger partial charge in [-0.15, -0.1) is 0 Å². The van der Waals surface area contributed by atoms with Gasteiger partial charge in [0, 0.05) is 19.3 Å². The summed E-state index contributed by atoms with van der Waals surface area (Å²) in [7, 11) is 0. The monoisotopic (exact) mass is 1100 g/mol. The van der Waals surface area contributed by atoms with Crippen LogP contribution >= 0.6 is 0 Å². The van der Waals surface area contributed by atoms with Crippen LogP contribution in [0.5, 0.6) is 0 Å². The van der Waals surface area contributed by atoms with Crippen molar-refractivity contribution < 1.29 is 28.6 Å². The third-order valence-corrected chi connectivity index (χ3v) is 16.5. The van der Waals surface area contributed by atoms with Crippen molar-refractivity contribution in [2.24, 2.45) is 0 Å². The largest absolute Gasteiger partial charge is 0.462 e. The van der Waals surface area contributed by atoms with E-state index in [0.29, 0.717) is 19.3 Å².